The van der Waals surface area contributed by atoms with E-state index in [-0.39, 0.29) is 22.4 Å². The van der Waals surface area contributed by atoms with Gasteiger partial charge >= 0.3 is 0 Å². The Morgan fingerprint density at radius 3 is 2.59 bits per heavy atom. The molecule has 1 aliphatic carbocycles. The standard InChI is InChI=1S/C22H28N2O4S/c1-4-24(5-2)29(26,27)17-13-14-21(28-3)19(15-17)22(25)23-20-12-8-10-16-9-6-7-11-18(16)20/h6-7,9,11,13-15,20H,4-5,8,10,12H2,1-3H3,(H,23,25). The molecule has 0 spiro atoms. The fraction of sp³-hybridized carbons (Fsp3) is 0.409. The third kappa shape index (κ3) is 4.31. The Bertz CT molecular complexity index is 984. The van der Waals surface area contributed by atoms with Crippen LogP contribution < -0.4 is 10.1 Å². The van der Waals surface area contributed by atoms with E-state index in [2.05, 4.69) is 11.4 Å². The second-order valence-electron chi connectivity index (χ2n) is 7.07. The van der Waals surface area contributed by atoms with E-state index in [1.165, 1.54) is 29.1 Å². The second kappa shape index (κ2) is 8.97. The first-order chi connectivity index (χ1) is 13.9. The number of hydrogen-bond acceptors (Lipinski definition) is 4. The molecule has 1 atom stereocenters. The smallest absolute Gasteiger partial charge is 0.255 e. The van der Waals surface area contributed by atoms with Crippen LogP contribution in [0.4, 0.5) is 0 Å². The maximum Gasteiger partial charge on any atom is 0.255 e. The van der Waals surface area contributed by atoms with Crippen LogP contribution in [-0.2, 0) is 16.4 Å². The van der Waals surface area contributed by atoms with E-state index >= 15 is 0 Å². The van der Waals surface area contributed by atoms with Gasteiger partial charge in [-0.25, -0.2) is 8.42 Å². The summed E-state index contributed by atoms with van der Waals surface area (Å²) >= 11 is 0. The van der Waals surface area contributed by atoms with Gasteiger partial charge < -0.3 is 10.1 Å². The summed E-state index contributed by atoms with van der Waals surface area (Å²) in [5.74, 6) is 0.0187. The van der Waals surface area contributed by atoms with Crippen molar-refractivity contribution in [1.82, 2.24) is 9.62 Å². The van der Waals surface area contributed by atoms with Crippen molar-refractivity contribution in [3.05, 3.63) is 59.2 Å². The number of rotatable bonds is 7. The summed E-state index contributed by atoms with van der Waals surface area (Å²) < 4.78 is 32.5. The van der Waals surface area contributed by atoms with Crippen molar-refractivity contribution in [1.29, 1.82) is 0 Å². The van der Waals surface area contributed by atoms with E-state index in [1.807, 2.05) is 18.2 Å². The number of carbonyl (C=O) groups is 1. The summed E-state index contributed by atoms with van der Waals surface area (Å²) in [6, 6.07) is 12.5. The highest BCUT2D eigenvalue weighted by Gasteiger charge is 2.27. The molecule has 0 aliphatic heterocycles. The Morgan fingerprint density at radius 1 is 1.17 bits per heavy atom. The number of methoxy groups -OCH3 is 1. The van der Waals surface area contributed by atoms with Crippen LogP contribution in [0.5, 0.6) is 5.75 Å². The molecule has 2 aromatic carbocycles. The van der Waals surface area contributed by atoms with Crippen molar-refractivity contribution < 1.29 is 17.9 Å². The number of ether oxygens (including phenoxy) is 1. The fourth-order valence-corrected chi connectivity index (χ4v) is 5.36. The molecule has 0 fully saturated rings. The first kappa shape index (κ1) is 21.3. The third-order valence-electron chi connectivity index (χ3n) is 5.43. The number of nitrogens with one attached hydrogen (secondary N) is 1. The van der Waals surface area contributed by atoms with Crippen LogP contribution in [0.25, 0.3) is 0 Å². The lowest BCUT2D eigenvalue weighted by Crippen LogP contribution is -2.32. The molecule has 1 aliphatic rings. The maximum atomic E-state index is 13.1. The van der Waals surface area contributed by atoms with Gasteiger partial charge in [0.1, 0.15) is 5.75 Å². The minimum absolute atomic E-state index is 0.0937. The number of amides is 1. The third-order valence-corrected chi connectivity index (χ3v) is 7.48. The van der Waals surface area contributed by atoms with Crippen molar-refractivity contribution >= 4 is 15.9 Å². The van der Waals surface area contributed by atoms with Gasteiger partial charge in [0, 0.05) is 13.1 Å². The van der Waals surface area contributed by atoms with Crippen LogP contribution in [-0.4, -0.2) is 38.8 Å². The minimum Gasteiger partial charge on any atom is -0.496 e. The molecule has 6 nitrogen and oxygen atoms in total. The molecular formula is C22H28N2O4S. The lowest BCUT2D eigenvalue weighted by Gasteiger charge is -2.26. The molecule has 0 radical (unpaired) electrons. The van der Waals surface area contributed by atoms with E-state index in [1.54, 1.807) is 19.9 Å². The quantitative estimate of drug-likeness (QED) is 0.749. The molecule has 0 saturated heterocycles. The average molecular weight is 417 g/mol. The van der Waals surface area contributed by atoms with E-state index in [0.29, 0.717) is 18.8 Å². The molecule has 2 aromatic rings. The summed E-state index contributed by atoms with van der Waals surface area (Å²) in [6.07, 6.45) is 2.85. The van der Waals surface area contributed by atoms with Gasteiger partial charge in [0.15, 0.2) is 0 Å². The van der Waals surface area contributed by atoms with Gasteiger partial charge in [-0.3, -0.25) is 4.79 Å². The Balaban J connectivity index is 1.93. The van der Waals surface area contributed by atoms with Crippen molar-refractivity contribution in [2.75, 3.05) is 20.2 Å². The van der Waals surface area contributed by atoms with Crippen molar-refractivity contribution in [3.8, 4) is 5.75 Å². The highest BCUT2D eigenvalue weighted by Crippen LogP contribution is 2.31. The lowest BCUT2D eigenvalue weighted by molar-refractivity contribution is 0.0929. The van der Waals surface area contributed by atoms with Crippen molar-refractivity contribution in [3.63, 3.8) is 0 Å². The average Bonchev–Trinajstić information content (AvgIpc) is 2.74. The van der Waals surface area contributed by atoms with Crippen molar-refractivity contribution in [2.24, 2.45) is 0 Å². The molecule has 0 aromatic heterocycles. The summed E-state index contributed by atoms with van der Waals surface area (Å²) in [5.41, 5.74) is 2.59. The van der Waals surface area contributed by atoms with Crippen LogP contribution in [0.2, 0.25) is 0 Å². The zero-order valence-corrected chi connectivity index (χ0v) is 18.0. The second-order valence-corrected chi connectivity index (χ2v) is 9.01. The summed E-state index contributed by atoms with van der Waals surface area (Å²) in [7, 11) is -2.19. The maximum absolute atomic E-state index is 13.1. The zero-order valence-electron chi connectivity index (χ0n) is 17.1. The van der Waals surface area contributed by atoms with Gasteiger partial charge in [-0.1, -0.05) is 38.1 Å². The zero-order chi connectivity index (χ0) is 21.0. The number of nitrogens with zero attached hydrogens (tertiary/aromatic N) is 1. The van der Waals surface area contributed by atoms with Gasteiger partial charge in [0.25, 0.3) is 5.91 Å². The molecule has 29 heavy (non-hydrogen) atoms. The Morgan fingerprint density at radius 2 is 1.90 bits per heavy atom. The first-order valence-electron chi connectivity index (χ1n) is 9.99. The normalized spacial score (nSPS) is 16.3. The van der Waals surface area contributed by atoms with Crippen LogP contribution in [0.3, 0.4) is 0 Å². The topological polar surface area (TPSA) is 75.7 Å². The Kier molecular flexibility index (Phi) is 6.59. The van der Waals surface area contributed by atoms with Gasteiger partial charge in [-0.15, -0.1) is 0 Å². The number of fused-ring (bicyclic) bond motifs is 1. The van der Waals surface area contributed by atoms with Crippen LogP contribution in [0, 0.1) is 0 Å². The highest BCUT2D eigenvalue weighted by molar-refractivity contribution is 7.89. The van der Waals surface area contributed by atoms with E-state index in [4.69, 9.17) is 4.74 Å². The van der Waals surface area contributed by atoms with Crippen LogP contribution in [0.15, 0.2) is 47.4 Å². The van der Waals surface area contributed by atoms with Crippen LogP contribution in [0.1, 0.15) is 54.2 Å². The van der Waals surface area contributed by atoms with Gasteiger partial charge in [0.2, 0.25) is 10.0 Å². The lowest BCUT2D eigenvalue weighted by atomic mass is 9.87. The molecule has 156 valence electrons. The molecule has 7 heteroatoms. The number of carbonyl (C=O) groups excluding carboxylic acids is 1. The first-order valence-corrected chi connectivity index (χ1v) is 11.4. The Labute approximate surface area is 172 Å². The highest BCUT2D eigenvalue weighted by atomic mass is 32.2. The minimum atomic E-state index is -3.67. The molecule has 1 amide bonds. The monoisotopic (exact) mass is 416 g/mol. The molecule has 0 saturated carbocycles. The number of benzene rings is 2. The molecule has 1 unspecified atom stereocenters. The summed E-state index contributed by atoms with van der Waals surface area (Å²) in [5, 5.41) is 3.07. The van der Waals surface area contributed by atoms with Gasteiger partial charge in [-0.05, 0) is 48.6 Å². The summed E-state index contributed by atoms with van der Waals surface area (Å²) in [6.45, 7) is 4.31. The summed E-state index contributed by atoms with van der Waals surface area (Å²) in [4.78, 5) is 13.2. The SMILES string of the molecule is CCN(CC)S(=O)(=O)c1ccc(OC)c(C(=O)NC2CCCc3ccccc32)c1. The molecule has 1 N–H and O–H groups in total. The molecule has 0 heterocycles. The number of sulfonamides is 1. The van der Waals surface area contributed by atoms with E-state index in [9.17, 15) is 13.2 Å². The van der Waals surface area contributed by atoms with Crippen LogP contribution >= 0.6 is 0 Å². The predicted molar refractivity (Wildman–Crippen MR) is 113 cm³/mol. The Hall–Kier alpha value is -2.38. The van der Waals surface area contributed by atoms with Crippen molar-refractivity contribution in [2.45, 2.75) is 44.0 Å². The molecule has 0 bridgehead atoms. The number of hydrogen-bond donors (Lipinski definition) is 1. The van der Waals surface area contributed by atoms with Gasteiger partial charge in [0.05, 0.1) is 23.6 Å². The fourth-order valence-electron chi connectivity index (χ4n) is 3.88. The number of aryl methyl sites for hydroxylation is 1. The largest absolute Gasteiger partial charge is 0.496 e. The van der Waals surface area contributed by atoms with Gasteiger partial charge in [-0.2, -0.15) is 4.31 Å². The van der Waals surface area contributed by atoms with E-state index < -0.39 is 10.0 Å². The van der Waals surface area contributed by atoms with E-state index in [0.717, 1.165) is 24.8 Å². The molecule has 3 rings (SSSR count). The molecular weight excluding hydrogens is 388 g/mol. The predicted octanol–water partition coefficient (Wildman–Crippen LogP) is 3.53.